The first-order chi connectivity index (χ1) is 9.92. The van der Waals surface area contributed by atoms with Gasteiger partial charge < -0.3 is 22.5 Å². The zero-order chi connectivity index (χ0) is 13.6. The summed E-state index contributed by atoms with van der Waals surface area (Å²) in [5, 5.41) is 3.42. The smallest absolute Gasteiger partial charge is 0.119 e. The van der Waals surface area contributed by atoms with Crippen LogP contribution in [0, 0.1) is 5.92 Å². The highest BCUT2D eigenvalue weighted by molar-refractivity contribution is 5.63. The van der Waals surface area contributed by atoms with Gasteiger partial charge in [0, 0.05) is 12.5 Å². The summed E-state index contributed by atoms with van der Waals surface area (Å²) in [5.41, 5.74) is 2.48. The summed E-state index contributed by atoms with van der Waals surface area (Å²) in [6, 6.07) is 18.8. The molecular formula is C18H21ClNO-. The van der Waals surface area contributed by atoms with Gasteiger partial charge in [0.2, 0.25) is 0 Å². The van der Waals surface area contributed by atoms with Gasteiger partial charge in [0.15, 0.2) is 0 Å². The molecule has 0 bridgehead atoms. The van der Waals surface area contributed by atoms with Crippen LogP contribution >= 0.6 is 0 Å². The summed E-state index contributed by atoms with van der Waals surface area (Å²) in [5.74, 6) is 1.62. The Morgan fingerprint density at radius 3 is 2.33 bits per heavy atom. The number of rotatable bonds is 4. The minimum Gasteiger partial charge on any atom is -1.00 e. The molecule has 2 aromatic rings. The highest BCUT2D eigenvalue weighted by Crippen LogP contribution is 2.22. The van der Waals surface area contributed by atoms with Crippen molar-refractivity contribution < 1.29 is 17.1 Å². The van der Waals surface area contributed by atoms with Gasteiger partial charge in [0.1, 0.15) is 5.75 Å². The molecule has 0 spiro atoms. The van der Waals surface area contributed by atoms with E-state index in [1.54, 1.807) is 0 Å². The third kappa shape index (κ3) is 4.48. The first kappa shape index (κ1) is 15.9. The van der Waals surface area contributed by atoms with E-state index < -0.39 is 0 Å². The molecule has 0 aliphatic carbocycles. The number of piperidine rings is 1. The van der Waals surface area contributed by atoms with Gasteiger partial charge in [-0.15, -0.1) is 0 Å². The van der Waals surface area contributed by atoms with Crippen molar-refractivity contribution in [2.24, 2.45) is 5.92 Å². The standard InChI is InChI=1S/C18H21NO.ClH/c1-2-6-16(7-3-1)17-8-10-18(11-9-17)20-14-15-5-4-12-19-13-15;/h1-3,6-11,15,19H,4-5,12-14H2;1H/p-1. The fraction of sp³-hybridized carbons (Fsp3) is 0.333. The Bertz CT molecular complexity index is 521. The van der Waals surface area contributed by atoms with Crippen LogP contribution in [0.4, 0.5) is 0 Å². The van der Waals surface area contributed by atoms with Gasteiger partial charge in [-0.1, -0.05) is 42.5 Å². The highest BCUT2D eigenvalue weighted by atomic mass is 35.5. The van der Waals surface area contributed by atoms with E-state index >= 15 is 0 Å². The molecule has 112 valence electrons. The van der Waals surface area contributed by atoms with Crippen LogP contribution in [0.1, 0.15) is 12.8 Å². The first-order valence-corrected chi connectivity index (χ1v) is 7.41. The Morgan fingerprint density at radius 1 is 0.952 bits per heavy atom. The minimum atomic E-state index is 0. The Balaban J connectivity index is 0.00000161. The van der Waals surface area contributed by atoms with Gasteiger partial charge in [-0.05, 0) is 42.6 Å². The molecule has 3 heteroatoms. The molecule has 1 N–H and O–H groups in total. The van der Waals surface area contributed by atoms with E-state index in [0.29, 0.717) is 5.92 Å². The van der Waals surface area contributed by atoms with E-state index in [2.05, 4.69) is 53.8 Å². The third-order valence-corrected chi connectivity index (χ3v) is 3.85. The van der Waals surface area contributed by atoms with Gasteiger partial charge >= 0.3 is 0 Å². The molecule has 2 aromatic carbocycles. The van der Waals surface area contributed by atoms with E-state index in [1.807, 2.05) is 6.07 Å². The molecule has 21 heavy (non-hydrogen) atoms. The summed E-state index contributed by atoms with van der Waals surface area (Å²) >= 11 is 0. The molecule has 1 fully saturated rings. The van der Waals surface area contributed by atoms with Gasteiger partial charge in [-0.25, -0.2) is 0 Å². The van der Waals surface area contributed by atoms with Crippen LogP contribution in [0.2, 0.25) is 0 Å². The quantitative estimate of drug-likeness (QED) is 0.899. The van der Waals surface area contributed by atoms with Crippen molar-refractivity contribution in [1.82, 2.24) is 5.32 Å². The van der Waals surface area contributed by atoms with Crippen LogP contribution in [-0.2, 0) is 0 Å². The topological polar surface area (TPSA) is 21.3 Å². The summed E-state index contributed by atoms with van der Waals surface area (Å²) in [6.07, 6.45) is 2.54. The number of benzene rings is 2. The zero-order valence-corrected chi connectivity index (χ0v) is 12.9. The minimum absolute atomic E-state index is 0. The molecule has 1 unspecified atom stereocenters. The van der Waals surface area contributed by atoms with E-state index in [1.165, 1.54) is 24.0 Å². The maximum atomic E-state index is 5.90. The molecule has 1 heterocycles. The van der Waals surface area contributed by atoms with E-state index in [4.69, 9.17) is 4.74 Å². The van der Waals surface area contributed by atoms with Crippen LogP contribution in [0.15, 0.2) is 54.6 Å². The van der Waals surface area contributed by atoms with Crippen LogP contribution in [-0.4, -0.2) is 19.7 Å². The second-order valence-corrected chi connectivity index (χ2v) is 5.41. The average Bonchev–Trinajstić information content (AvgIpc) is 2.55. The van der Waals surface area contributed by atoms with Crippen molar-refractivity contribution in [3.05, 3.63) is 54.6 Å². The first-order valence-electron chi connectivity index (χ1n) is 7.41. The van der Waals surface area contributed by atoms with Crippen LogP contribution < -0.4 is 22.5 Å². The number of halogens is 1. The van der Waals surface area contributed by atoms with Crippen LogP contribution in [0.3, 0.4) is 0 Å². The van der Waals surface area contributed by atoms with Crippen molar-refractivity contribution >= 4 is 0 Å². The molecular weight excluding hydrogens is 282 g/mol. The SMILES string of the molecule is [Cl-].c1ccc(-c2ccc(OCC3CCCNC3)cc2)cc1. The lowest BCUT2D eigenvalue weighted by Gasteiger charge is -2.22. The zero-order valence-electron chi connectivity index (χ0n) is 12.1. The van der Waals surface area contributed by atoms with Crippen LogP contribution in [0.5, 0.6) is 5.75 Å². The largest absolute Gasteiger partial charge is 1.00 e. The summed E-state index contributed by atoms with van der Waals surface area (Å²) in [6.45, 7) is 3.06. The molecule has 0 aromatic heterocycles. The van der Waals surface area contributed by atoms with E-state index in [0.717, 1.165) is 25.4 Å². The van der Waals surface area contributed by atoms with Gasteiger partial charge in [-0.3, -0.25) is 0 Å². The molecule has 1 atom stereocenters. The fourth-order valence-corrected chi connectivity index (χ4v) is 2.65. The number of ether oxygens (including phenoxy) is 1. The molecule has 3 rings (SSSR count). The third-order valence-electron chi connectivity index (χ3n) is 3.85. The van der Waals surface area contributed by atoms with Crippen molar-refractivity contribution in [1.29, 1.82) is 0 Å². The molecule has 0 saturated carbocycles. The second kappa shape index (κ2) is 8.06. The maximum absolute atomic E-state index is 5.90. The monoisotopic (exact) mass is 302 g/mol. The molecule has 1 aliphatic rings. The lowest BCUT2D eigenvalue weighted by molar-refractivity contribution is -0.00000445. The Morgan fingerprint density at radius 2 is 1.67 bits per heavy atom. The van der Waals surface area contributed by atoms with E-state index in [9.17, 15) is 0 Å². The van der Waals surface area contributed by atoms with Gasteiger partial charge in [0.25, 0.3) is 0 Å². The molecule has 0 amide bonds. The fourth-order valence-electron chi connectivity index (χ4n) is 2.65. The lowest BCUT2D eigenvalue weighted by Crippen LogP contribution is -3.00. The van der Waals surface area contributed by atoms with Crippen LogP contribution in [0.25, 0.3) is 11.1 Å². The van der Waals surface area contributed by atoms with Gasteiger partial charge in [-0.2, -0.15) is 0 Å². The predicted molar refractivity (Wildman–Crippen MR) is 83.0 cm³/mol. The van der Waals surface area contributed by atoms with Crippen molar-refractivity contribution in [3.63, 3.8) is 0 Å². The average molecular weight is 303 g/mol. The Hall–Kier alpha value is -1.51. The Kier molecular flexibility index (Phi) is 6.09. The molecule has 2 nitrogen and oxygen atoms in total. The second-order valence-electron chi connectivity index (χ2n) is 5.41. The maximum Gasteiger partial charge on any atom is 0.119 e. The summed E-state index contributed by atoms with van der Waals surface area (Å²) < 4.78 is 5.90. The highest BCUT2D eigenvalue weighted by Gasteiger charge is 2.13. The van der Waals surface area contributed by atoms with E-state index in [-0.39, 0.29) is 12.4 Å². The summed E-state index contributed by atoms with van der Waals surface area (Å²) in [7, 11) is 0. The van der Waals surface area contributed by atoms with Crippen molar-refractivity contribution in [2.75, 3.05) is 19.7 Å². The van der Waals surface area contributed by atoms with Gasteiger partial charge in [0.05, 0.1) is 6.61 Å². The summed E-state index contributed by atoms with van der Waals surface area (Å²) in [4.78, 5) is 0. The lowest BCUT2D eigenvalue weighted by atomic mass is 10.0. The van der Waals surface area contributed by atoms with Crippen molar-refractivity contribution in [3.8, 4) is 16.9 Å². The molecule has 1 saturated heterocycles. The molecule has 1 aliphatic heterocycles. The molecule has 0 radical (unpaired) electrons. The number of hydrogen-bond acceptors (Lipinski definition) is 2. The Labute approximate surface area is 132 Å². The number of nitrogens with one attached hydrogen (secondary N) is 1. The predicted octanol–water partition coefficient (Wildman–Crippen LogP) is 0.736. The normalized spacial score (nSPS) is 17.8. The van der Waals surface area contributed by atoms with Crippen molar-refractivity contribution in [2.45, 2.75) is 12.8 Å². The number of hydrogen-bond donors (Lipinski definition) is 1.